The molecule has 124 valence electrons. The smallest absolute Gasteiger partial charge is 0.302 e. The Hall–Kier alpha value is -1.75. The highest BCUT2D eigenvalue weighted by Crippen LogP contribution is 2.50. The van der Waals surface area contributed by atoms with E-state index in [2.05, 4.69) is 10.2 Å². The molecule has 0 bridgehead atoms. The van der Waals surface area contributed by atoms with Crippen LogP contribution in [0.4, 0.5) is 0 Å². The van der Waals surface area contributed by atoms with Crippen LogP contribution in [0.25, 0.3) is 0 Å². The Morgan fingerprint density at radius 1 is 1.09 bits per heavy atom. The summed E-state index contributed by atoms with van der Waals surface area (Å²) in [6, 6.07) is 8.71. The summed E-state index contributed by atoms with van der Waals surface area (Å²) in [7, 11) is -3.66. The topological polar surface area (TPSA) is 81.3 Å². The van der Waals surface area contributed by atoms with Crippen molar-refractivity contribution >= 4 is 18.7 Å². The number of benzene rings is 1. The maximum Gasteiger partial charge on any atom is 0.365 e. The van der Waals surface area contributed by atoms with Crippen LogP contribution in [0.15, 0.2) is 36.5 Å². The predicted octanol–water partition coefficient (Wildman–Crippen LogP) is 3.31. The number of ketones is 1. The molecular formula is C16H21N2O4P. The average molecular weight is 336 g/mol. The van der Waals surface area contributed by atoms with Gasteiger partial charge >= 0.3 is 7.60 Å². The zero-order valence-electron chi connectivity index (χ0n) is 13.6. The maximum atomic E-state index is 13.2. The number of carbonyl (C=O) groups excluding carboxylic acids is 1. The molecule has 0 radical (unpaired) electrons. The number of aromatic nitrogens is 2. The molecule has 6 nitrogen and oxygen atoms in total. The average Bonchev–Trinajstić information content (AvgIpc) is 2.96. The fourth-order valence-corrected chi connectivity index (χ4v) is 4.09. The normalized spacial score (nSPS) is 12.1. The second-order valence-electron chi connectivity index (χ2n) is 5.63. The maximum absolute atomic E-state index is 13.2. The van der Waals surface area contributed by atoms with E-state index in [4.69, 9.17) is 9.05 Å². The van der Waals surface area contributed by atoms with Crippen LogP contribution in [0.2, 0.25) is 0 Å². The van der Waals surface area contributed by atoms with Gasteiger partial charge in [0.25, 0.3) is 0 Å². The number of nitrogens with zero attached hydrogens (tertiary/aromatic N) is 1. The first-order valence-corrected chi connectivity index (χ1v) is 8.98. The van der Waals surface area contributed by atoms with Gasteiger partial charge in [-0.3, -0.25) is 14.5 Å². The van der Waals surface area contributed by atoms with Gasteiger partial charge in [-0.25, -0.2) is 0 Å². The standard InChI is InChI=1S/C16H21N2O4P/c1-11(2)21-23(20,22-12(3)4)14-10-17-18-15(14)16(19)13-8-6-5-7-9-13/h5-12H,1-4H3,(H,17,18). The van der Waals surface area contributed by atoms with Crippen LogP contribution in [0, 0.1) is 0 Å². The third-order valence-electron chi connectivity index (χ3n) is 2.88. The predicted molar refractivity (Wildman–Crippen MR) is 88.1 cm³/mol. The van der Waals surface area contributed by atoms with Gasteiger partial charge in [0.15, 0.2) is 0 Å². The lowest BCUT2D eigenvalue weighted by Crippen LogP contribution is -2.21. The number of carbonyl (C=O) groups is 1. The van der Waals surface area contributed by atoms with Crippen LogP contribution in [0.5, 0.6) is 0 Å². The highest BCUT2D eigenvalue weighted by atomic mass is 31.2. The Kier molecular flexibility index (Phi) is 5.52. The summed E-state index contributed by atoms with van der Waals surface area (Å²) in [5, 5.41) is 6.66. The minimum Gasteiger partial charge on any atom is -0.302 e. The lowest BCUT2D eigenvalue weighted by atomic mass is 10.1. The Morgan fingerprint density at radius 3 is 2.17 bits per heavy atom. The van der Waals surface area contributed by atoms with Gasteiger partial charge in [-0.05, 0) is 27.7 Å². The van der Waals surface area contributed by atoms with Crippen molar-refractivity contribution < 1.29 is 18.4 Å². The van der Waals surface area contributed by atoms with Gasteiger partial charge in [-0.1, -0.05) is 30.3 Å². The molecule has 0 spiro atoms. The van der Waals surface area contributed by atoms with E-state index in [0.29, 0.717) is 5.56 Å². The summed E-state index contributed by atoms with van der Waals surface area (Å²) in [5.41, 5.74) is 0.597. The lowest BCUT2D eigenvalue weighted by molar-refractivity contribution is 0.103. The summed E-state index contributed by atoms with van der Waals surface area (Å²) in [6.45, 7) is 7.04. The summed E-state index contributed by atoms with van der Waals surface area (Å²) >= 11 is 0. The van der Waals surface area contributed by atoms with Crippen molar-refractivity contribution in [2.45, 2.75) is 39.9 Å². The Bertz CT molecular complexity index is 696. The lowest BCUT2D eigenvalue weighted by Gasteiger charge is -2.22. The van der Waals surface area contributed by atoms with Crippen LogP contribution >= 0.6 is 7.60 Å². The molecule has 0 saturated carbocycles. The summed E-state index contributed by atoms with van der Waals surface area (Å²) in [5.74, 6) is -0.307. The number of hydrogen-bond acceptors (Lipinski definition) is 5. The summed E-state index contributed by atoms with van der Waals surface area (Å²) in [4.78, 5) is 12.6. The molecule has 0 aliphatic carbocycles. The van der Waals surface area contributed by atoms with Crippen LogP contribution in [-0.4, -0.2) is 28.2 Å². The third kappa shape index (κ3) is 4.16. The Labute approximate surface area is 135 Å². The van der Waals surface area contributed by atoms with Crippen molar-refractivity contribution in [3.8, 4) is 0 Å². The van der Waals surface area contributed by atoms with E-state index < -0.39 is 7.60 Å². The molecule has 0 aliphatic heterocycles. The SMILES string of the molecule is CC(C)OP(=O)(OC(C)C)c1cn[nH]c1C(=O)c1ccccc1. The number of rotatable bonds is 7. The Morgan fingerprint density at radius 2 is 1.65 bits per heavy atom. The minimum atomic E-state index is -3.66. The van der Waals surface area contributed by atoms with Gasteiger partial charge in [0.2, 0.25) is 5.78 Å². The van der Waals surface area contributed by atoms with E-state index in [1.165, 1.54) is 6.20 Å². The molecule has 1 N–H and O–H groups in total. The number of H-pyrrole nitrogens is 1. The highest BCUT2D eigenvalue weighted by Gasteiger charge is 2.36. The zero-order valence-corrected chi connectivity index (χ0v) is 14.5. The summed E-state index contributed by atoms with van der Waals surface area (Å²) in [6.07, 6.45) is 0.685. The third-order valence-corrected chi connectivity index (χ3v) is 5.20. The quantitative estimate of drug-likeness (QED) is 0.620. The van der Waals surface area contributed by atoms with E-state index in [1.807, 2.05) is 6.07 Å². The van der Waals surface area contributed by atoms with Gasteiger partial charge in [-0.15, -0.1) is 0 Å². The Balaban J connectivity index is 2.45. The van der Waals surface area contributed by atoms with Crippen molar-refractivity contribution in [1.82, 2.24) is 10.2 Å². The molecule has 0 saturated heterocycles. The first kappa shape index (κ1) is 17.6. The fraction of sp³-hybridized carbons (Fsp3) is 0.375. The molecule has 7 heteroatoms. The monoisotopic (exact) mass is 336 g/mol. The molecule has 1 heterocycles. The van der Waals surface area contributed by atoms with E-state index in [-0.39, 0.29) is 29.0 Å². The van der Waals surface area contributed by atoms with Crippen molar-refractivity contribution in [3.05, 3.63) is 47.8 Å². The molecule has 2 aromatic rings. The first-order chi connectivity index (χ1) is 10.8. The van der Waals surface area contributed by atoms with Crippen LogP contribution in [0.1, 0.15) is 43.7 Å². The van der Waals surface area contributed by atoms with Gasteiger partial charge in [0.1, 0.15) is 11.0 Å². The number of hydrogen-bond donors (Lipinski definition) is 1. The van der Waals surface area contributed by atoms with Crippen molar-refractivity contribution in [2.75, 3.05) is 0 Å². The van der Waals surface area contributed by atoms with E-state index in [1.54, 1.807) is 52.0 Å². The number of nitrogens with one attached hydrogen (secondary N) is 1. The molecular weight excluding hydrogens is 315 g/mol. The van der Waals surface area contributed by atoms with Crippen molar-refractivity contribution in [2.24, 2.45) is 0 Å². The molecule has 0 atom stereocenters. The van der Waals surface area contributed by atoms with Crippen LogP contribution in [-0.2, 0) is 13.6 Å². The van der Waals surface area contributed by atoms with Crippen LogP contribution in [0.3, 0.4) is 0 Å². The molecule has 0 unspecified atom stereocenters. The molecule has 23 heavy (non-hydrogen) atoms. The molecule has 0 aliphatic rings. The molecule has 2 rings (SSSR count). The van der Waals surface area contributed by atoms with Crippen LogP contribution < -0.4 is 5.30 Å². The molecule has 0 amide bonds. The van der Waals surface area contributed by atoms with Gasteiger partial charge < -0.3 is 9.05 Å². The molecule has 1 aromatic carbocycles. The fourth-order valence-electron chi connectivity index (χ4n) is 2.08. The van der Waals surface area contributed by atoms with Crippen molar-refractivity contribution in [3.63, 3.8) is 0 Å². The van der Waals surface area contributed by atoms with E-state index in [0.717, 1.165) is 0 Å². The molecule has 0 fully saturated rings. The second kappa shape index (κ2) is 7.21. The zero-order chi connectivity index (χ0) is 17.0. The van der Waals surface area contributed by atoms with Gasteiger partial charge in [0.05, 0.1) is 18.4 Å². The minimum absolute atomic E-state index is 0.126. The van der Waals surface area contributed by atoms with Gasteiger partial charge in [-0.2, -0.15) is 5.10 Å². The number of aromatic amines is 1. The highest BCUT2D eigenvalue weighted by molar-refractivity contribution is 7.62. The van der Waals surface area contributed by atoms with E-state index >= 15 is 0 Å². The largest absolute Gasteiger partial charge is 0.365 e. The van der Waals surface area contributed by atoms with Crippen molar-refractivity contribution in [1.29, 1.82) is 0 Å². The van der Waals surface area contributed by atoms with Gasteiger partial charge in [0, 0.05) is 5.56 Å². The second-order valence-corrected chi connectivity index (χ2v) is 7.53. The molecule has 1 aromatic heterocycles. The first-order valence-electron chi connectivity index (χ1n) is 7.44. The summed E-state index contributed by atoms with van der Waals surface area (Å²) < 4.78 is 24.3. The van der Waals surface area contributed by atoms with E-state index in [9.17, 15) is 9.36 Å².